The molecule has 2 aromatic carbocycles. The molecular weight excluding hydrogens is 280 g/mol. The van der Waals surface area contributed by atoms with E-state index < -0.39 is 5.54 Å². The molecule has 114 valence electrons. The highest BCUT2D eigenvalue weighted by molar-refractivity contribution is 6.26. The van der Waals surface area contributed by atoms with Gasteiger partial charge in [0.1, 0.15) is 0 Å². The average Bonchev–Trinajstić information content (AvgIpc) is 2.51. The second-order valence-corrected chi connectivity index (χ2v) is 6.23. The van der Waals surface area contributed by atoms with Crippen molar-refractivity contribution in [2.45, 2.75) is 19.4 Å². The zero-order valence-corrected chi connectivity index (χ0v) is 12.8. The number of hydrogen-bond donors (Lipinski definition) is 2. The van der Waals surface area contributed by atoms with Gasteiger partial charge in [0.15, 0.2) is 0 Å². The van der Waals surface area contributed by atoms with Crippen molar-refractivity contribution in [2.75, 3.05) is 19.0 Å². The normalized spacial score (nSPS) is 14.6. The van der Waals surface area contributed by atoms with Gasteiger partial charge in [0, 0.05) is 34.6 Å². The number of hydrogen-bond acceptors (Lipinski definition) is 4. The van der Waals surface area contributed by atoms with Crippen molar-refractivity contribution in [3.05, 3.63) is 41.5 Å². The number of carbonyl (C=O) groups is 2. The van der Waals surface area contributed by atoms with Gasteiger partial charge in [-0.3, -0.25) is 14.5 Å². The second kappa shape index (κ2) is 4.81. The van der Waals surface area contributed by atoms with Gasteiger partial charge in [-0.15, -0.1) is 0 Å². The molecule has 0 bridgehead atoms. The summed E-state index contributed by atoms with van der Waals surface area (Å²) in [4.78, 5) is 25.8. The number of anilines is 1. The first-order valence-corrected chi connectivity index (χ1v) is 7.13. The summed E-state index contributed by atoms with van der Waals surface area (Å²) < 4.78 is 0. The molecule has 0 fully saturated rings. The molecule has 2 aromatic rings. The summed E-state index contributed by atoms with van der Waals surface area (Å²) in [5, 5.41) is 14.2. The zero-order valence-electron chi connectivity index (χ0n) is 12.8. The van der Waals surface area contributed by atoms with Crippen LogP contribution >= 0.6 is 0 Å². The minimum absolute atomic E-state index is 0.0312. The third kappa shape index (κ3) is 2.05. The Kier molecular flexibility index (Phi) is 3.18. The molecule has 0 aliphatic carbocycles. The molecule has 22 heavy (non-hydrogen) atoms. The highest BCUT2D eigenvalue weighted by Crippen LogP contribution is 2.34. The Hall–Kier alpha value is -2.40. The van der Waals surface area contributed by atoms with Gasteiger partial charge in [-0.2, -0.15) is 0 Å². The topological polar surface area (TPSA) is 69.6 Å². The smallest absolute Gasteiger partial charge is 0.261 e. The van der Waals surface area contributed by atoms with Crippen LogP contribution in [0.1, 0.15) is 34.6 Å². The molecule has 1 heterocycles. The van der Waals surface area contributed by atoms with Crippen molar-refractivity contribution in [3.8, 4) is 0 Å². The Balaban J connectivity index is 2.27. The largest absolute Gasteiger partial charge is 0.394 e. The van der Waals surface area contributed by atoms with Crippen LogP contribution in [0.2, 0.25) is 0 Å². The van der Waals surface area contributed by atoms with E-state index in [0.29, 0.717) is 16.5 Å². The Morgan fingerprint density at radius 3 is 2.36 bits per heavy atom. The summed E-state index contributed by atoms with van der Waals surface area (Å²) >= 11 is 0. The highest BCUT2D eigenvalue weighted by atomic mass is 16.3. The molecule has 0 radical (unpaired) electrons. The van der Waals surface area contributed by atoms with E-state index in [4.69, 9.17) is 0 Å². The maximum absolute atomic E-state index is 12.3. The van der Waals surface area contributed by atoms with Crippen LogP contribution < -0.4 is 5.32 Å². The van der Waals surface area contributed by atoms with E-state index in [2.05, 4.69) is 5.32 Å². The number of nitrogens with zero attached hydrogens (tertiary/aromatic N) is 1. The molecule has 0 saturated carbocycles. The number of nitrogens with one attached hydrogen (secondary N) is 1. The summed E-state index contributed by atoms with van der Waals surface area (Å²) in [6.07, 6.45) is 0. The predicted molar refractivity (Wildman–Crippen MR) is 85.2 cm³/mol. The minimum Gasteiger partial charge on any atom is -0.394 e. The average molecular weight is 298 g/mol. The fourth-order valence-electron chi connectivity index (χ4n) is 2.73. The number of amides is 2. The molecule has 2 amide bonds. The molecule has 0 saturated heterocycles. The van der Waals surface area contributed by atoms with E-state index in [9.17, 15) is 14.7 Å². The van der Waals surface area contributed by atoms with Crippen molar-refractivity contribution in [3.63, 3.8) is 0 Å². The van der Waals surface area contributed by atoms with Crippen molar-refractivity contribution in [1.29, 1.82) is 0 Å². The lowest BCUT2D eigenvalue weighted by molar-refractivity contribution is 0.0650. The molecule has 5 heteroatoms. The van der Waals surface area contributed by atoms with Gasteiger partial charge in [-0.25, -0.2) is 0 Å². The van der Waals surface area contributed by atoms with Crippen LogP contribution in [-0.2, 0) is 0 Å². The fourth-order valence-corrected chi connectivity index (χ4v) is 2.73. The lowest BCUT2D eigenvalue weighted by atomic mass is 9.92. The molecule has 0 aromatic heterocycles. The van der Waals surface area contributed by atoms with Crippen LogP contribution in [0.15, 0.2) is 30.3 Å². The van der Waals surface area contributed by atoms with Crippen molar-refractivity contribution in [1.82, 2.24) is 4.90 Å². The molecule has 1 aliphatic heterocycles. The van der Waals surface area contributed by atoms with Gasteiger partial charge in [0.25, 0.3) is 11.8 Å². The standard InChI is InChI=1S/C17H18N2O3/c1-17(2,9-20)18-13-8-7-12-14-10(13)5-4-6-11(14)15(21)19(3)16(12)22/h4-8,18,20H,9H2,1-3H3. The number of aliphatic hydroxyl groups is 1. The monoisotopic (exact) mass is 298 g/mol. The maximum Gasteiger partial charge on any atom is 0.261 e. The Morgan fingerprint density at radius 2 is 1.73 bits per heavy atom. The fraction of sp³-hybridized carbons (Fsp3) is 0.294. The molecule has 2 N–H and O–H groups in total. The molecular formula is C17H18N2O3. The van der Waals surface area contributed by atoms with Crippen LogP contribution in [0, 0.1) is 0 Å². The molecule has 0 atom stereocenters. The number of benzene rings is 2. The molecule has 3 rings (SSSR count). The van der Waals surface area contributed by atoms with E-state index in [-0.39, 0.29) is 18.4 Å². The summed E-state index contributed by atoms with van der Waals surface area (Å²) in [7, 11) is 1.49. The van der Waals surface area contributed by atoms with E-state index in [0.717, 1.165) is 16.0 Å². The van der Waals surface area contributed by atoms with Crippen LogP contribution in [0.4, 0.5) is 5.69 Å². The van der Waals surface area contributed by atoms with Gasteiger partial charge in [-0.1, -0.05) is 12.1 Å². The quantitative estimate of drug-likeness (QED) is 0.853. The highest BCUT2D eigenvalue weighted by Gasteiger charge is 2.31. The molecule has 0 unspecified atom stereocenters. The van der Waals surface area contributed by atoms with Crippen molar-refractivity contribution < 1.29 is 14.7 Å². The third-order valence-corrected chi connectivity index (χ3v) is 3.98. The van der Waals surface area contributed by atoms with Gasteiger partial charge in [0.2, 0.25) is 0 Å². The summed E-state index contributed by atoms with van der Waals surface area (Å²) in [6.45, 7) is 3.73. The SMILES string of the molecule is CN1C(=O)c2cccc3c(NC(C)(C)CO)ccc(c23)C1=O. The number of imide groups is 1. The van der Waals surface area contributed by atoms with Crippen LogP contribution in [0.5, 0.6) is 0 Å². The van der Waals surface area contributed by atoms with Crippen LogP contribution in [0.3, 0.4) is 0 Å². The van der Waals surface area contributed by atoms with Crippen LogP contribution in [0.25, 0.3) is 10.8 Å². The number of aliphatic hydroxyl groups excluding tert-OH is 1. The van der Waals surface area contributed by atoms with Gasteiger partial charge < -0.3 is 10.4 Å². The Labute approximate surface area is 128 Å². The van der Waals surface area contributed by atoms with E-state index in [1.165, 1.54) is 7.05 Å². The number of carbonyl (C=O) groups excluding carboxylic acids is 2. The molecule has 0 spiro atoms. The third-order valence-electron chi connectivity index (χ3n) is 3.98. The molecule has 1 aliphatic rings. The minimum atomic E-state index is -0.501. The first-order chi connectivity index (χ1) is 10.4. The van der Waals surface area contributed by atoms with Crippen LogP contribution in [-0.4, -0.2) is 41.0 Å². The second-order valence-electron chi connectivity index (χ2n) is 6.23. The van der Waals surface area contributed by atoms with Crippen molar-refractivity contribution in [2.24, 2.45) is 0 Å². The van der Waals surface area contributed by atoms with Crippen molar-refractivity contribution >= 4 is 28.3 Å². The van der Waals surface area contributed by atoms with Gasteiger partial charge >= 0.3 is 0 Å². The Morgan fingerprint density at radius 1 is 1.09 bits per heavy atom. The summed E-state index contributed by atoms with van der Waals surface area (Å²) in [5.74, 6) is -0.580. The lowest BCUT2D eigenvalue weighted by Crippen LogP contribution is -2.37. The first kappa shape index (κ1) is 14.5. The number of rotatable bonds is 3. The summed E-state index contributed by atoms with van der Waals surface area (Å²) in [5.41, 5.74) is 1.35. The van der Waals surface area contributed by atoms with Gasteiger partial charge in [0.05, 0.1) is 12.1 Å². The van der Waals surface area contributed by atoms with E-state index in [1.807, 2.05) is 26.0 Å². The summed E-state index contributed by atoms with van der Waals surface area (Å²) in [6, 6.07) is 8.97. The lowest BCUT2D eigenvalue weighted by Gasteiger charge is -2.28. The van der Waals surface area contributed by atoms with Gasteiger partial charge in [-0.05, 0) is 32.0 Å². The van der Waals surface area contributed by atoms with E-state index >= 15 is 0 Å². The first-order valence-electron chi connectivity index (χ1n) is 7.13. The zero-order chi connectivity index (χ0) is 16.1. The van der Waals surface area contributed by atoms with E-state index in [1.54, 1.807) is 18.2 Å². The maximum atomic E-state index is 12.3. The Bertz CT molecular complexity index is 774. The molecule has 5 nitrogen and oxygen atoms in total. The predicted octanol–water partition coefficient (Wildman–Crippen LogP) is 2.25.